The third kappa shape index (κ3) is 3.79. The fourth-order valence-corrected chi connectivity index (χ4v) is 4.21. The first kappa shape index (κ1) is 16.6. The van der Waals surface area contributed by atoms with E-state index < -0.39 is 0 Å². The number of rotatable bonds is 5. The molecule has 1 saturated carbocycles. The van der Waals surface area contributed by atoms with Crippen LogP contribution in [0.5, 0.6) is 0 Å². The Kier molecular flexibility index (Phi) is 5.09. The molecule has 0 atom stereocenters. The van der Waals surface area contributed by atoms with Crippen LogP contribution in [0.4, 0.5) is 16.6 Å². The lowest BCUT2D eigenvalue weighted by molar-refractivity contribution is 0.0967. The normalized spacial score (nSPS) is 15.0. The molecule has 7 heteroatoms. The van der Waals surface area contributed by atoms with Crippen LogP contribution in [0.2, 0.25) is 10.0 Å². The number of nitrogens with zero attached hydrogens (tertiary/aromatic N) is 1. The number of hydrogen-bond acceptors (Lipinski definition) is 5. The molecule has 3 rings (SSSR count). The lowest BCUT2D eigenvalue weighted by Gasteiger charge is -2.07. The Bertz CT molecular complexity index is 706. The van der Waals surface area contributed by atoms with Gasteiger partial charge in [-0.3, -0.25) is 4.79 Å². The van der Waals surface area contributed by atoms with Crippen molar-refractivity contribution in [3.63, 3.8) is 0 Å². The molecule has 1 aromatic heterocycles. The highest BCUT2D eigenvalue weighted by atomic mass is 35.5. The van der Waals surface area contributed by atoms with Crippen molar-refractivity contribution in [1.82, 2.24) is 4.98 Å². The second-order valence-electron chi connectivity index (χ2n) is 5.73. The van der Waals surface area contributed by atoms with E-state index in [1.807, 2.05) is 0 Å². The van der Waals surface area contributed by atoms with Crippen LogP contribution in [0.1, 0.15) is 41.8 Å². The Balaban J connectivity index is 1.76. The standard InChI is InChI=1S/C16H17Cl2N3OS/c17-10-6-3-7-11(18)13(10)20-16-21-15(19)14(23-16)12(22)8-9-4-1-2-5-9/h3,6-7,9H,1-2,4-5,8,19H2,(H,20,21). The molecule has 1 aliphatic rings. The summed E-state index contributed by atoms with van der Waals surface area (Å²) in [5.41, 5.74) is 6.49. The number of para-hydroxylation sites is 1. The summed E-state index contributed by atoms with van der Waals surface area (Å²) in [6.45, 7) is 0. The number of nitrogens with two attached hydrogens (primary N) is 1. The molecule has 1 fully saturated rings. The van der Waals surface area contributed by atoms with Gasteiger partial charge >= 0.3 is 0 Å². The zero-order valence-corrected chi connectivity index (χ0v) is 14.8. The van der Waals surface area contributed by atoms with Crippen molar-refractivity contribution in [1.29, 1.82) is 0 Å². The van der Waals surface area contributed by atoms with Gasteiger partial charge in [0.1, 0.15) is 10.7 Å². The molecule has 1 aliphatic carbocycles. The van der Waals surface area contributed by atoms with Crippen LogP contribution < -0.4 is 11.1 Å². The fraction of sp³-hybridized carbons (Fsp3) is 0.375. The first-order valence-electron chi connectivity index (χ1n) is 7.55. The van der Waals surface area contributed by atoms with Gasteiger partial charge in [-0.1, -0.05) is 66.3 Å². The van der Waals surface area contributed by atoms with Gasteiger partial charge in [0.05, 0.1) is 15.7 Å². The van der Waals surface area contributed by atoms with Gasteiger partial charge in [-0.25, -0.2) is 4.98 Å². The summed E-state index contributed by atoms with van der Waals surface area (Å²) < 4.78 is 0. The molecule has 3 N–H and O–H groups in total. The number of carbonyl (C=O) groups excluding carboxylic acids is 1. The molecule has 1 aromatic carbocycles. The predicted molar refractivity (Wildman–Crippen MR) is 97.2 cm³/mol. The van der Waals surface area contributed by atoms with Crippen molar-refractivity contribution in [2.75, 3.05) is 11.1 Å². The molecule has 0 aliphatic heterocycles. The van der Waals surface area contributed by atoms with Gasteiger partial charge in [-0.05, 0) is 18.1 Å². The van der Waals surface area contributed by atoms with E-state index in [1.54, 1.807) is 18.2 Å². The van der Waals surface area contributed by atoms with Gasteiger partial charge in [-0.2, -0.15) is 0 Å². The molecule has 0 saturated heterocycles. The number of hydrogen-bond donors (Lipinski definition) is 2. The highest BCUT2D eigenvalue weighted by Crippen LogP contribution is 2.36. The maximum atomic E-state index is 12.4. The maximum Gasteiger partial charge on any atom is 0.189 e. The monoisotopic (exact) mass is 369 g/mol. The number of Topliss-reactive ketones (excluding diaryl/α,β-unsaturated/α-hetero) is 1. The summed E-state index contributed by atoms with van der Waals surface area (Å²) >= 11 is 13.5. The Hall–Kier alpha value is -1.30. The van der Waals surface area contributed by atoms with Gasteiger partial charge in [0, 0.05) is 6.42 Å². The largest absolute Gasteiger partial charge is 0.382 e. The van der Waals surface area contributed by atoms with Crippen LogP contribution in [0.25, 0.3) is 0 Å². The zero-order valence-electron chi connectivity index (χ0n) is 12.4. The van der Waals surface area contributed by atoms with Crippen molar-refractivity contribution in [2.24, 2.45) is 5.92 Å². The molecule has 23 heavy (non-hydrogen) atoms. The SMILES string of the molecule is Nc1nc(Nc2c(Cl)cccc2Cl)sc1C(=O)CC1CCCC1. The molecule has 0 unspecified atom stereocenters. The van der Waals surface area contributed by atoms with Gasteiger partial charge in [-0.15, -0.1) is 0 Å². The van der Waals surface area contributed by atoms with Crippen molar-refractivity contribution < 1.29 is 4.79 Å². The first-order valence-corrected chi connectivity index (χ1v) is 9.12. The summed E-state index contributed by atoms with van der Waals surface area (Å²) in [6, 6.07) is 5.24. The van der Waals surface area contributed by atoms with Crippen molar-refractivity contribution in [3.05, 3.63) is 33.1 Å². The molecule has 4 nitrogen and oxygen atoms in total. The Morgan fingerprint density at radius 1 is 1.30 bits per heavy atom. The van der Waals surface area contributed by atoms with Gasteiger partial charge in [0.15, 0.2) is 10.9 Å². The van der Waals surface area contributed by atoms with E-state index in [4.69, 9.17) is 28.9 Å². The van der Waals surface area contributed by atoms with Crippen LogP contribution in [0.3, 0.4) is 0 Å². The van der Waals surface area contributed by atoms with E-state index in [2.05, 4.69) is 10.3 Å². The highest BCUT2D eigenvalue weighted by Gasteiger charge is 2.23. The molecule has 2 aromatic rings. The van der Waals surface area contributed by atoms with E-state index >= 15 is 0 Å². The topological polar surface area (TPSA) is 68.0 Å². The molecular formula is C16H17Cl2N3OS. The average Bonchev–Trinajstić information content (AvgIpc) is 3.13. The number of nitrogens with one attached hydrogen (secondary N) is 1. The minimum atomic E-state index is 0.0743. The van der Waals surface area contributed by atoms with Crippen LogP contribution >= 0.6 is 34.5 Å². The van der Waals surface area contributed by atoms with Crippen LogP contribution in [0.15, 0.2) is 18.2 Å². The summed E-state index contributed by atoms with van der Waals surface area (Å²) in [5.74, 6) is 0.826. The smallest absolute Gasteiger partial charge is 0.189 e. The number of benzene rings is 1. The van der Waals surface area contributed by atoms with E-state index in [0.29, 0.717) is 38.1 Å². The van der Waals surface area contributed by atoms with E-state index in [9.17, 15) is 4.79 Å². The Labute approximate surface area is 149 Å². The number of aromatic nitrogens is 1. The second kappa shape index (κ2) is 7.07. The van der Waals surface area contributed by atoms with Crippen molar-refractivity contribution in [2.45, 2.75) is 32.1 Å². The summed E-state index contributed by atoms with van der Waals surface area (Å²) in [7, 11) is 0. The van der Waals surface area contributed by atoms with Crippen molar-refractivity contribution >= 4 is 57.0 Å². The van der Waals surface area contributed by atoms with E-state index in [-0.39, 0.29) is 11.6 Å². The maximum absolute atomic E-state index is 12.4. The summed E-state index contributed by atoms with van der Waals surface area (Å²) in [5, 5.41) is 4.56. The number of halogens is 2. The lowest BCUT2D eigenvalue weighted by Crippen LogP contribution is -2.06. The van der Waals surface area contributed by atoms with Gasteiger partial charge in [0.25, 0.3) is 0 Å². The quantitative estimate of drug-likeness (QED) is 0.678. The number of anilines is 3. The third-order valence-corrected chi connectivity index (χ3v) is 5.71. The molecule has 0 amide bonds. The second-order valence-corrected chi connectivity index (χ2v) is 7.55. The zero-order chi connectivity index (χ0) is 16.4. The number of thiazole rings is 1. The Morgan fingerprint density at radius 3 is 2.61 bits per heavy atom. The van der Waals surface area contributed by atoms with Gasteiger partial charge in [0.2, 0.25) is 0 Å². The van der Waals surface area contributed by atoms with E-state index in [1.165, 1.54) is 24.2 Å². The van der Waals surface area contributed by atoms with E-state index in [0.717, 1.165) is 12.8 Å². The van der Waals surface area contributed by atoms with Crippen LogP contribution in [-0.2, 0) is 0 Å². The number of nitrogen functional groups attached to an aromatic ring is 1. The minimum absolute atomic E-state index is 0.0743. The molecule has 1 heterocycles. The number of ketones is 1. The fourth-order valence-electron chi connectivity index (χ4n) is 2.88. The lowest BCUT2D eigenvalue weighted by atomic mass is 10.0. The molecule has 0 spiro atoms. The summed E-state index contributed by atoms with van der Waals surface area (Å²) in [6.07, 6.45) is 5.25. The highest BCUT2D eigenvalue weighted by molar-refractivity contribution is 7.18. The predicted octanol–water partition coefficient (Wildman–Crippen LogP) is 5.54. The minimum Gasteiger partial charge on any atom is -0.382 e. The van der Waals surface area contributed by atoms with Gasteiger partial charge < -0.3 is 11.1 Å². The molecule has 0 bridgehead atoms. The first-order chi connectivity index (χ1) is 11.0. The molecular weight excluding hydrogens is 353 g/mol. The van der Waals surface area contributed by atoms with Crippen LogP contribution in [0, 0.1) is 5.92 Å². The average molecular weight is 370 g/mol. The third-order valence-electron chi connectivity index (χ3n) is 4.05. The Morgan fingerprint density at radius 2 is 1.96 bits per heavy atom. The summed E-state index contributed by atoms with van der Waals surface area (Å²) in [4.78, 5) is 17.2. The van der Waals surface area contributed by atoms with Crippen LogP contribution in [-0.4, -0.2) is 10.8 Å². The molecule has 122 valence electrons. The molecule has 0 radical (unpaired) electrons. The van der Waals surface area contributed by atoms with Crippen molar-refractivity contribution in [3.8, 4) is 0 Å². The number of carbonyl (C=O) groups is 1.